The summed E-state index contributed by atoms with van der Waals surface area (Å²) in [7, 11) is 0. The standard InChI is InChI=1S/C21H24Cl2N2O2/c1-2-27-18-8-6-17(7-9-18)24-21(26)16-4-3-11-25(14-16)13-15-5-10-19(22)20(23)12-15/h5-10,12,16H,2-4,11,13-14H2,1H3,(H,24,26). The molecular formula is C21H24Cl2N2O2. The molecule has 1 aliphatic heterocycles. The molecule has 0 saturated carbocycles. The molecule has 0 aliphatic carbocycles. The zero-order valence-electron chi connectivity index (χ0n) is 15.4. The third kappa shape index (κ3) is 5.61. The summed E-state index contributed by atoms with van der Waals surface area (Å²) in [5.74, 6) is 0.854. The Kier molecular flexibility index (Phi) is 7.00. The van der Waals surface area contributed by atoms with Gasteiger partial charge in [0.2, 0.25) is 5.91 Å². The first-order chi connectivity index (χ1) is 13.0. The first kappa shape index (κ1) is 20.0. The predicted octanol–water partition coefficient (Wildman–Crippen LogP) is 5.24. The van der Waals surface area contributed by atoms with Crippen molar-refractivity contribution in [1.82, 2.24) is 4.90 Å². The van der Waals surface area contributed by atoms with Gasteiger partial charge in [-0.1, -0.05) is 29.3 Å². The van der Waals surface area contributed by atoms with E-state index in [2.05, 4.69) is 10.2 Å². The van der Waals surface area contributed by atoms with Gasteiger partial charge in [-0.25, -0.2) is 0 Å². The first-order valence-electron chi connectivity index (χ1n) is 9.25. The van der Waals surface area contributed by atoms with E-state index in [1.54, 1.807) is 0 Å². The van der Waals surface area contributed by atoms with Crippen LogP contribution in [-0.4, -0.2) is 30.5 Å². The Bertz CT molecular complexity index is 780. The van der Waals surface area contributed by atoms with Crippen molar-refractivity contribution in [3.05, 3.63) is 58.1 Å². The minimum atomic E-state index is -0.0203. The molecule has 3 rings (SSSR count). The molecule has 144 valence electrons. The van der Waals surface area contributed by atoms with Gasteiger partial charge in [0.05, 0.1) is 22.6 Å². The second kappa shape index (κ2) is 9.45. The van der Waals surface area contributed by atoms with Crippen molar-refractivity contribution in [3.63, 3.8) is 0 Å². The SMILES string of the molecule is CCOc1ccc(NC(=O)C2CCCN(Cc3ccc(Cl)c(Cl)c3)C2)cc1. The third-order valence-electron chi connectivity index (χ3n) is 4.70. The van der Waals surface area contributed by atoms with Crippen LogP contribution in [0.2, 0.25) is 10.0 Å². The Hall–Kier alpha value is -1.75. The molecule has 1 fully saturated rings. The summed E-state index contributed by atoms with van der Waals surface area (Å²) in [4.78, 5) is 15.0. The highest BCUT2D eigenvalue weighted by Crippen LogP contribution is 2.25. The van der Waals surface area contributed by atoms with Crippen LogP contribution in [0.15, 0.2) is 42.5 Å². The molecular weight excluding hydrogens is 383 g/mol. The van der Waals surface area contributed by atoms with Gasteiger partial charge in [0.25, 0.3) is 0 Å². The van der Waals surface area contributed by atoms with E-state index in [-0.39, 0.29) is 11.8 Å². The number of hydrogen-bond acceptors (Lipinski definition) is 3. The molecule has 1 aliphatic rings. The largest absolute Gasteiger partial charge is 0.494 e. The zero-order chi connectivity index (χ0) is 19.2. The zero-order valence-corrected chi connectivity index (χ0v) is 16.9. The summed E-state index contributed by atoms with van der Waals surface area (Å²) < 4.78 is 5.43. The van der Waals surface area contributed by atoms with Gasteiger partial charge >= 0.3 is 0 Å². The van der Waals surface area contributed by atoms with E-state index in [1.807, 2.05) is 49.4 Å². The van der Waals surface area contributed by atoms with Gasteiger partial charge in [-0.05, 0) is 68.3 Å². The van der Waals surface area contributed by atoms with E-state index in [0.717, 1.165) is 49.5 Å². The molecule has 1 saturated heterocycles. The fourth-order valence-electron chi connectivity index (χ4n) is 3.35. The van der Waals surface area contributed by atoms with Gasteiger partial charge in [-0.2, -0.15) is 0 Å². The maximum atomic E-state index is 12.7. The molecule has 1 unspecified atom stereocenters. The van der Waals surface area contributed by atoms with Gasteiger partial charge in [-0.3, -0.25) is 9.69 Å². The molecule has 1 atom stereocenters. The van der Waals surface area contributed by atoms with Crippen molar-refractivity contribution in [3.8, 4) is 5.75 Å². The smallest absolute Gasteiger partial charge is 0.228 e. The van der Waals surface area contributed by atoms with Crippen LogP contribution in [0, 0.1) is 5.92 Å². The topological polar surface area (TPSA) is 41.6 Å². The monoisotopic (exact) mass is 406 g/mol. The van der Waals surface area contributed by atoms with Crippen LogP contribution in [0.1, 0.15) is 25.3 Å². The normalized spacial score (nSPS) is 17.5. The van der Waals surface area contributed by atoms with Crippen LogP contribution in [0.4, 0.5) is 5.69 Å². The minimum Gasteiger partial charge on any atom is -0.494 e. The summed E-state index contributed by atoms with van der Waals surface area (Å²) in [6.07, 6.45) is 1.91. The molecule has 1 heterocycles. The van der Waals surface area contributed by atoms with Crippen molar-refractivity contribution in [2.75, 3.05) is 25.0 Å². The number of amides is 1. The van der Waals surface area contributed by atoms with Crippen LogP contribution in [0.3, 0.4) is 0 Å². The molecule has 0 spiro atoms. The Morgan fingerprint density at radius 1 is 1.19 bits per heavy atom. The maximum absolute atomic E-state index is 12.7. The summed E-state index contributed by atoms with van der Waals surface area (Å²) in [6.45, 7) is 5.06. The summed E-state index contributed by atoms with van der Waals surface area (Å²) in [5.41, 5.74) is 1.90. The van der Waals surface area contributed by atoms with Gasteiger partial charge < -0.3 is 10.1 Å². The number of nitrogens with zero attached hydrogens (tertiary/aromatic N) is 1. The average Bonchev–Trinajstić information content (AvgIpc) is 2.67. The highest BCUT2D eigenvalue weighted by Gasteiger charge is 2.26. The van der Waals surface area contributed by atoms with Crippen molar-refractivity contribution in [2.45, 2.75) is 26.3 Å². The second-order valence-corrected chi connectivity index (χ2v) is 7.58. The molecule has 2 aromatic carbocycles. The molecule has 6 heteroatoms. The highest BCUT2D eigenvalue weighted by atomic mass is 35.5. The highest BCUT2D eigenvalue weighted by molar-refractivity contribution is 6.42. The van der Waals surface area contributed by atoms with Crippen molar-refractivity contribution in [1.29, 1.82) is 0 Å². The predicted molar refractivity (Wildman–Crippen MR) is 111 cm³/mol. The van der Waals surface area contributed by atoms with Crippen LogP contribution in [0.25, 0.3) is 0 Å². The number of hydrogen-bond donors (Lipinski definition) is 1. The van der Waals surface area contributed by atoms with Crippen LogP contribution < -0.4 is 10.1 Å². The molecule has 1 amide bonds. The lowest BCUT2D eigenvalue weighted by Crippen LogP contribution is -2.40. The molecule has 0 bridgehead atoms. The number of ether oxygens (including phenoxy) is 1. The van der Waals surface area contributed by atoms with E-state index in [1.165, 1.54) is 0 Å². The second-order valence-electron chi connectivity index (χ2n) is 6.77. The fourth-order valence-corrected chi connectivity index (χ4v) is 3.68. The van der Waals surface area contributed by atoms with E-state index < -0.39 is 0 Å². The number of benzene rings is 2. The van der Waals surface area contributed by atoms with Crippen LogP contribution >= 0.6 is 23.2 Å². The van der Waals surface area contributed by atoms with Gasteiger partial charge in [0.15, 0.2) is 0 Å². The Morgan fingerprint density at radius 2 is 1.96 bits per heavy atom. The molecule has 1 N–H and O–H groups in total. The number of piperidine rings is 1. The number of carbonyl (C=O) groups is 1. The summed E-state index contributed by atoms with van der Waals surface area (Å²) >= 11 is 12.1. The summed E-state index contributed by atoms with van der Waals surface area (Å²) in [5, 5.41) is 4.15. The number of halogens is 2. The van der Waals surface area contributed by atoms with E-state index >= 15 is 0 Å². The lowest BCUT2D eigenvalue weighted by atomic mass is 9.96. The third-order valence-corrected chi connectivity index (χ3v) is 5.44. The van der Waals surface area contributed by atoms with E-state index in [0.29, 0.717) is 16.7 Å². The van der Waals surface area contributed by atoms with Crippen molar-refractivity contribution < 1.29 is 9.53 Å². The van der Waals surface area contributed by atoms with Crippen LogP contribution in [0.5, 0.6) is 5.75 Å². The Balaban J connectivity index is 1.56. The number of anilines is 1. The fraction of sp³-hybridized carbons (Fsp3) is 0.381. The molecule has 0 aromatic heterocycles. The molecule has 0 radical (unpaired) electrons. The maximum Gasteiger partial charge on any atom is 0.228 e. The number of nitrogens with one attached hydrogen (secondary N) is 1. The summed E-state index contributed by atoms with van der Waals surface area (Å²) in [6, 6.07) is 13.2. The molecule has 4 nitrogen and oxygen atoms in total. The van der Waals surface area contributed by atoms with Gasteiger partial charge in [0, 0.05) is 18.8 Å². The van der Waals surface area contributed by atoms with Crippen molar-refractivity contribution >= 4 is 34.8 Å². The molecule has 2 aromatic rings. The Morgan fingerprint density at radius 3 is 2.67 bits per heavy atom. The minimum absolute atomic E-state index is 0.0203. The van der Waals surface area contributed by atoms with Crippen molar-refractivity contribution in [2.24, 2.45) is 5.92 Å². The first-order valence-corrected chi connectivity index (χ1v) is 10.0. The van der Waals surface area contributed by atoms with E-state index in [9.17, 15) is 4.79 Å². The number of carbonyl (C=O) groups excluding carboxylic acids is 1. The average molecular weight is 407 g/mol. The lowest BCUT2D eigenvalue weighted by Gasteiger charge is -2.32. The number of rotatable bonds is 6. The lowest BCUT2D eigenvalue weighted by molar-refractivity contribution is -0.121. The molecule has 27 heavy (non-hydrogen) atoms. The van der Waals surface area contributed by atoms with E-state index in [4.69, 9.17) is 27.9 Å². The van der Waals surface area contributed by atoms with Gasteiger partial charge in [-0.15, -0.1) is 0 Å². The van der Waals surface area contributed by atoms with Crippen LogP contribution in [-0.2, 0) is 11.3 Å². The number of likely N-dealkylation sites (tertiary alicyclic amines) is 1. The quantitative estimate of drug-likeness (QED) is 0.712. The Labute approximate surface area is 170 Å². The van der Waals surface area contributed by atoms with Gasteiger partial charge in [0.1, 0.15) is 5.75 Å².